The zero-order valence-electron chi connectivity index (χ0n) is 7.33. The van der Waals surface area contributed by atoms with Gasteiger partial charge in [-0.2, -0.15) is 0 Å². The molecule has 0 bridgehead atoms. The van der Waals surface area contributed by atoms with Crippen LogP contribution >= 0.6 is 0 Å². The molecule has 0 saturated heterocycles. The van der Waals surface area contributed by atoms with Crippen molar-refractivity contribution >= 4 is 5.97 Å². The molecule has 1 N–H and O–H groups in total. The van der Waals surface area contributed by atoms with Crippen LogP contribution in [0, 0.1) is 5.92 Å². The number of methoxy groups -OCH3 is 1. The van der Waals surface area contributed by atoms with E-state index in [4.69, 9.17) is 9.84 Å². The Morgan fingerprint density at radius 1 is 1.45 bits per heavy atom. The largest absolute Gasteiger partial charge is 0.479 e. The number of hydrogen-bond acceptors (Lipinski definition) is 2. The third-order valence-electron chi connectivity index (χ3n) is 1.97. The quantitative estimate of drug-likeness (QED) is 0.663. The van der Waals surface area contributed by atoms with Crippen LogP contribution in [-0.4, -0.2) is 24.3 Å². The molecule has 3 nitrogen and oxygen atoms in total. The van der Waals surface area contributed by atoms with Gasteiger partial charge in [0, 0.05) is 7.11 Å². The SMILES string of the molecule is CCC(CC)[C@@H](OC)C(=O)O. The number of aliphatic carboxylic acids is 1. The maximum atomic E-state index is 10.6. The Balaban J connectivity index is 4.09. The molecule has 0 heterocycles. The van der Waals surface area contributed by atoms with E-state index >= 15 is 0 Å². The van der Waals surface area contributed by atoms with Crippen LogP contribution in [0.5, 0.6) is 0 Å². The van der Waals surface area contributed by atoms with E-state index in [0.717, 1.165) is 12.8 Å². The summed E-state index contributed by atoms with van der Waals surface area (Å²) in [5.74, 6) is -0.723. The summed E-state index contributed by atoms with van der Waals surface area (Å²) in [4.78, 5) is 10.6. The van der Waals surface area contributed by atoms with Gasteiger partial charge in [0.05, 0.1) is 0 Å². The Kier molecular flexibility index (Phi) is 4.86. The standard InChI is InChI=1S/C8H16O3/c1-4-6(5-2)7(11-3)8(9)10/h6-7H,4-5H2,1-3H3,(H,9,10)/t7-/m1/s1. The van der Waals surface area contributed by atoms with Crippen molar-refractivity contribution in [3.63, 3.8) is 0 Å². The molecular weight excluding hydrogens is 144 g/mol. The van der Waals surface area contributed by atoms with E-state index in [2.05, 4.69) is 0 Å². The minimum absolute atomic E-state index is 0.137. The molecule has 3 heteroatoms. The average Bonchev–Trinajstić information content (AvgIpc) is 1.99. The molecule has 0 amide bonds. The maximum absolute atomic E-state index is 10.6. The number of hydrogen-bond donors (Lipinski definition) is 1. The second kappa shape index (κ2) is 5.13. The van der Waals surface area contributed by atoms with Crippen LogP contribution < -0.4 is 0 Å². The van der Waals surface area contributed by atoms with Crippen molar-refractivity contribution in [2.45, 2.75) is 32.8 Å². The van der Waals surface area contributed by atoms with E-state index in [1.807, 2.05) is 13.8 Å². The molecule has 0 aromatic heterocycles. The summed E-state index contributed by atoms with van der Waals surface area (Å²) in [6.45, 7) is 3.95. The summed E-state index contributed by atoms with van der Waals surface area (Å²) in [6, 6.07) is 0. The summed E-state index contributed by atoms with van der Waals surface area (Å²) in [7, 11) is 1.44. The summed E-state index contributed by atoms with van der Waals surface area (Å²) in [5.41, 5.74) is 0. The molecule has 11 heavy (non-hydrogen) atoms. The molecule has 0 fully saturated rings. The highest BCUT2D eigenvalue weighted by molar-refractivity contribution is 5.72. The molecule has 0 radical (unpaired) electrons. The Morgan fingerprint density at radius 2 is 1.91 bits per heavy atom. The Hall–Kier alpha value is -0.570. The zero-order chi connectivity index (χ0) is 8.85. The minimum atomic E-state index is -0.860. The van der Waals surface area contributed by atoms with Gasteiger partial charge in [0.1, 0.15) is 0 Å². The van der Waals surface area contributed by atoms with Crippen molar-refractivity contribution < 1.29 is 14.6 Å². The highest BCUT2D eigenvalue weighted by Crippen LogP contribution is 2.15. The highest BCUT2D eigenvalue weighted by Gasteiger charge is 2.24. The molecule has 0 saturated carbocycles. The van der Waals surface area contributed by atoms with Gasteiger partial charge in [-0.3, -0.25) is 0 Å². The van der Waals surface area contributed by atoms with Crippen molar-refractivity contribution in [1.82, 2.24) is 0 Å². The smallest absolute Gasteiger partial charge is 0.333 e. The van der Waals surface area contributed by atoms with Gasteiger partial charge >= 0.3 is 5.97 Å². The number of carboxylic acids is 1. The predicted octanol–water partition coefficient (Wildman–Crippen LogP) is 1.52. The van der Waals surface area contributed by atoms with Crippen LogP contribution in [0.15, 0.2) is 0 Å². The lowest BCUT2D eigenvalue weighted by molar-refractivity contribution is -0.152. The van der Waals surface area contributed by atoms with Gasteiger partial charge in [-0.25, -0.2) is 4.79 Å². The van der Waals surface area contributed by atoms with Gasteiger partial charge in [-0.05, 0) is 5.92 Å². The molecule has 0 aliphatic rings. The molecule has 1 atom stereocenters. The Bertz CT molecular complexity index is 119. The molecule has 0 aliphatic carbocycles. The van der Waals surface area contributed by atoms with Gasteiger partial charge in [0.15, 0.2) is 6.10 Å². The van der Waals surface area contributed by atoms with Gasteiger partial charge in [-0.15, -0.1) is 0 Å². The van der Waals surface area contributed by atoms with E-state index in [1.165, 1.54) is 7.11 Å². The molecular formula is C8H16O3. The average molecular weight is 160 g/mol. The fourth-order valence-corrected chi connectivity index (χ4v) is 1.21. The van der Waals surface area contributed by atoms with Crippen LogP contribution in [0.25, 0.3) is 0 Å². The highest BCUT2D eigenvalue weighted by atomic mass is 16.5. The van der Waals surface area contributed by atoms with Gasteiger partial charge < -0.3 is 9.84 Å². The molecule has 0 unspecified atom stereocenters. The first-order valence-corrected chi connectivity index (χ1v) is 3.92. The Morgan fingerprint density at radius 3 is 2.00 bits per heavy atom. The van der Waals surface area contributed by atoms with E-state index < -0.39 is 12.1 Å². The van der Waals surface area contributed by atoms with Crippen molar-refractivity contribution in [1.29, 1.82) is 0 Å². The van der Waals surface area contributed by atoms with Gasteiger partial charge in [0.25, 0.3) is 0 Å². The number of ether oxygens (including phenoxy) is 1. The monoisotopic (exact) mass is 160 g/mol. The number of carbonyl (C=O) groups is 1. The van der Waals surface area contributed by atoms with Gasteiger partial charge in [0.2, 0.25) is 0 Å². The first-order chi connectivity index (χ1) is 5.17. The van der Waals surface area contributed by atoms with Crippen LogP contribution in [0.1, 0.15) is 26.7 Å². The van der Waals surface area contributed by atoms with Crippen molar-refractivity contribution in [3.05, 3.63) is 0 Å². The third kappa shape index (κ3) is 2.89. The third-order valence-corrected chi connectivity index (χ3v) is 1.97. The Labute approximate surface area is 67.4 Å². The van der Waals surface area contributed by atoms with Crippen LogP contribution in [0.2, 0.25) is 0 Å². The van der Waals surface area contributed by atoms with E-state index in [1.54, 1.807) is 0 Å². The predicted molar refractivity (Wildman–Crippen MR) is 42.5 cm³/mol. The lowest BCUT2D eigenvalue weighted by Crippen LogP contribution is -2.30. The summed E-state index contributed by atoms with van der Waals surface area (Å²) in [5, 5.41) is 8.68. The second-order valence-electron chi connectivity index (χ2n) is 2.57. The van der Waals surface area contributed by atoms with Crippen molar-refractivity contribution in [2.24, 2.45) is 5.92 Å². The topological polar surface area (TPSA) is 46.5 Å². The molecule has 0 aromatic carbocycles. The lowest BCUT2D eigenvalue weighted by atomic mass is 9.97. The molecule has 66 valence electrons. The normalized spacial score (nSPS) is 13.5. The molecule has 0 rings (SSSR count). The fraction of sp³-hybridized carbons (Fsp3) is 0.875. The van der Waals surface area contributed by atoms with Crippen molar-refractivity contribution in [3.8, 4) is 0 Å². The first kappa shape index (κ1) is 10.4. The molecule has 0 spiro atoms. The lowest BCUT2D eigenvalue weighted by Gasteiger charge is -2.19. The molecule has 0 aliphatic heterocycles. The van der Waals surface area contributed by atoms with E-state index in [0.29, 0.717) is 0 Å². The van der Waals surface area contributed by atoms with Crippen LogP contribution in [0.4, 0.5) is 0 Å². The van der Waals surface area contributed by atoms with E-state index in [9.17, 15) is 4.79 Å². The first-order valence-electron chi connectivity index (χ1n) is 3.92. The van der Waals surface area contributed by atoms with Gasteiger partial charge in [-0.1, -0.05) is 26.7 Å². The minimum Gasteiger partial charge on any atom is -0.479 e. The number of carboxylic acid groups (broad SMARTS) is 1. The zero-order valence-corrected chi connectivity index (χ0v) is 7.33. The number of rotatable bonds is 5. The second-order valence-corrected chi connectivity index (χ2v) is 2.57. The van der Waals surface area contributed by atoms with Crippen LogP contribution in [-0.2, 0) is 9.53 Å². The van der Waals surface area contributed by atoms with E-state index in [-0.39, 0.29) is 5.92 Å². The fourth-order valence-electron chi connectivity index (χ4n) is 1.21. The summed E-state index contributed by atoms with van der Waals surface area (Å²) >= 11 is 0. The van der Waals surface area contributed by atoms with Crippen LogP contribution in [0.3, 0.4) is 0 Å². The maximum Gasteiger partial charge on any atom is 0.333 e. The summed E-state index contributed by atoms with van der Waals surface area (Å²) in [6.07, 6.45) is 1.06. The molecule has 0 aromatic rings. The van der Waals surface area contributed by atoms with Crippen molar-refractivity contribution in [2.75, 3.05) is 7.11 Å². The summed E-state index contributed by atoms with van der Waals surface area (Å²) < 4.78 is 4.86.